The van der Waals surface area contributed by atoms with Crippen molar-refractivity contribution in [1.82, 2.24) is 10.6 Å². The number of rotatable bonds is 9. The minimum absolute atomic E-state index is 0.0112. The molecular weight excluding hydrogens is 392 g/mol. The van der Waals surface area contributed by atoms with E-state index in [0.717, 1.165) is 34.9 Å². The van der Waals surface area contributed by atoms with E-state index in [1.807, 2.05) is 54.6 Å². The van der Waals surface area contributed by atoms with Gasteiger partial charge < -0.3 is 10.6 Å². The largest absolute Gasteiger partial charge is 0.356 e. The first-order valence-electron chi connectivity index (χ1n) is 8.90. The highest BCUT2D eigenvalue weighted by Crippen LogP contribution is 2.24. The molecule has 138 valence electrons. The molecule has 4 nitrogen and oxygen atoms in total. The number of carbonyl (C=O) groups excluding carboxylic acids is 2. The molecule has 2 aromatic carbocycles. The van der Waals surface area contributed by atoms with Crippen LogP contribution in [0, 0.1) is 0 Å². The molecule has 0 saturated carbocycles. The Morgan fingerprint density at radius 1 is 0.923 bits per heavy atom. The maximum atomic E-state index is 12.4. The number of benzene rings is 2. The van der Waals surface area contributed by atoms with Crippen molar-refractivity contribution in [3.8, 4) is 0 Å². The molecule has 0 bridgehead atoms. The minimum Gasteiger partial charge on any atom is -0.356 e. The van der Waals surface area contributed by atoms with Crippen molar-refractivity contribution in [3.05, 3.63) is 70.2 Å². The second-order valence-electron chi connectivity index (χ2n) is 6.26. The van der Waals surface area contributed by atoms with Crippen LogP contribution >= 0.6 is 15.9 Å². The Hall–Kier alpha value is -2.14. The van der Waals surface area contributed by atoms with Crippen molar-refractivity contribution in [2.45, 2.75) is 38.6 Å². The van der Waals surface area contributed by atoms with E-state index < -0.39 is 0 Å². The van der Waals surface area contributed by atoms with Crippen molar-refractivity contribution in [2.24, 2.45) is 0 Å². The number of unbranched alkanes of at least 4 members (excludes halogenated alkanes) is 2. The van der Waals surface area contributed by atoms with Crippen molar-refractivity contribution in [2.75, 3.05) is 6.54 Å². The molecular formula is C21H25BrN2O2. The summed E-state index contributed by atoms with van der Waals surface area (Å²) in [7, 11) is 0. The van der Waals surface area contributed by atoms with Gasteiger partial charge in [-0.1, -0.05) is 64.8 Å². The molecule has 0 spiro atoms. The molecule has 26 heavy (non-hydrogen) atoms. The quantitative estimate of drug-likeness (QED) is 0.596. The first-order chi connectivity index (χ1) is 12.6. The third-order valence-corrected chi connectivity index (χ3v) is 4.62. The Balaban J connectivity index is 1.91. The number of nitrogens with one attached hydrogen (secondary N) is 2. The van der Waals surface area contributed by atoms with Crippen LogP contribution in [0.3, 0.4) is 0 Å². The summed E-state index contributed by atoms with van der Waals surface area (Å²) in [5.41, 5.74) is 2.12. The molecule has 0 saturated heterocycles. The van der Waals surface area contributed by atoms with E-state index in [4.69, 9.17) is 0 Å². The summed E-state index contributed by atoms with van der Waals surface area (Å²) in [6.45, 7) is 2.18. The number of amides is 2. The van der Waals surface area contributed by atoms with Gasteiger partial charge in [0, 0.05) is 24.4 Å². The minimum atomic E-state index is -0.156. The Morgan fingerprint density at radius 3 is 2.23 bits per heavy atom. The van der Waals surface area contributed by atoms with Crippen LogP contribution in [0.15, 0.2) is 59.1 Å². The smallest absolute Gasteiger partial charge is 0.220 e. The van der Waals surface area contributed by atoms with Crippen LogP contribution in [0.25, 0.3) is 0 Å². The van der Waals surface area contributed by atoms with Gasteiger partial charge in [-0.3, -0.25) is 9.59 Å². The molecule has 1 unspecified atom stereocenters. The highest BCUT2D eigenvalue weighted by molar-refractivity contribution is 9.10. The zero-order valence-electron chi connectivity index (χ0n) is 15.0. The van der Waals surface area contributed by atoms with Crippen LogP contribution in [-0.4, -0.2) is 18.4 Å². The number of carbonyl (C=O) groups is 2. The molecule has 5 heteroatoms. The fourth-order valence-electron chi connectivity index (χ4n) is 2.74. The molecule has 2 aromatic rings. The van der Waals surface area contributed by atoms with Gasteiger partial charge in [0.2, 0.25) is 11.8 Å². The zero-order chi connectivity index (χ0) is 18.8. The van der Waals surface area contributed by atoms with Crippen LogP contribution in [0.4, 0.5) is 0 Å². The van der Waals surface area contributed by atoms with Gasteiger partial charge >= 0.3 is 0 Å². The Labute approximate surface area is 163 Å². The summed E-state index contributed by atoms with van der Waals surface area (Å²) in [6.07, 6.45) is 3.11. The lowest BCUT2D eigenvalue weighted by molar-refractivity contribution is -0.122. The summed E-state index contributed by atoms with van der Waals surface area (Å²) in [4.78, 5) is 23.2. The van der Waals surface area contributed by atoms with Gasteiger partial charge in [-0.05, 0) is 36.1 Å². The molecule has 0 aliphatic heterocycles. The molecule has 2 N–H and O–H groups in total. The molecule has 0 radical (unpaired) electrons. The van der Waals surface area contributed by atoms with Crippen LogP contribution in [-0.2, 0) is 9.59 Å². The van der Waals surface area contributed by atoms with Crippen LogP contribution in [0.1, 0.15) is 49.8 Å². The average Bonchev–Trinajstić information content (AvgIpc) is 2.64. The highest BCUT2D eigenvalue weighted by atomic mass is 79.9. The predicted octanol–water partition coefficient (Wildman–Crippen LogP) is 4.35. The van der Waals surface area contributed by atoms with Crippen LogP contribution < -0.4 is 10.6 Å². The third kappa shape index (κ3) is 7.00. The summed E-state index contributed by atoms with van der Waals surface area (Å²) < 4.78 is 1.01. The second-order valence-corrected chi connectivity index (χ2v) is 7.17. The van der Waals surface area contributed by atoms with E-state index in [1.165, 1.54) is 6.92 Å². The fraction of sp³-hybridized carbons (Fsp3) is 0.333. The maximum Gasteiger partial charge on any atom is 0.220 e. The number of hydrogen-bond donors (Lipinski definition) is 2. The first kappa shape index (κ1) is 20.2. The van der Waals surface area contributed by atoms with Gasteiger partial charge in [-0.25, -0.2) is 0 Å². The number of hydrogen-bond acceptors (Lipinski definition) is 2. The molecule has 1 atom stereocenters. The Kier molecular flexibility index (Phi) is 8.35. The van der Waals surface area contributed by atoms with Gasteiger partial charge in [-0.2, -0.15) is 0 Å². The van der Waals surface area contributed by atoms with Gasteiger partial charge in [0.25, 0.3) is 0 Å². The third-order valence-electron chi connectivity index (χ3n) is 4.10. The van der Waals surface area contributed by atoms with E-state index in [-0.39, 0.29) is 17.9 Å². The molecule has 0 fully saturated rings. The summed E-state index contributed by atoms with van der Waals surface area (Å²) in [5, 5.41) is 5.92. The van der Waals surface area contributed by atoms with Gasteiger partial charge in [-0.15, -0.1) is 0 Å². The summed E-state index contributed by atoms with van der Waals surface area (Å²) >= 11 is 3.45. The topological polar surface area (TPSA) is 58.2 Å². The van der Waals surface area contributed by atoms with Crippen LogP contribution in [0.2, 0.25) is 0 Å². The molecule has 2 rings (SSSR count). The lowest BCUT2D eigenvalue weighted by atomic mass is 9.98. The zero-order valence-corrected chi connectivity index (χ0v) is 16.6. The van der Waals surface area contributed by atoms with E-state index in [1.54, 1.807) is 0 Å². The molecule has 0 aliphatic carbocycles. The van der Waals surface area contributed by atoms with Crippen molar-refractivity contribution in [3.63, 3.8) is 0 Å². The van der Waals surface area contributed by atoms with Crippen molar-refractivity contribution >= 4 is 27.7 Å². The fourth-order valence-corrected chi connectivity index (χ4v) is 3.01. The standard InChI is InChI=1S/C21H25BrN2O2/c1-16(25)23-15-7-3-6-10-20(26)24-21(17-8-4-2-5-9-17)18-11-13-19(22)14-12-18/h2,4-5,8-9,11-14,21H,3,6-7,10,15H2,1H3,(H,23,25)(H,24,26). The maximum absolute atomic E-state index is 12.4. The molecule has 2 amide bonds. The molecule has 0 heterocycles. The van der Waals surface area contributed by atoms with Crippen LogP contribution in [0.5, 0.6) is 0 Å². The Morgan fingerprint density at radius 2 is 1.58 bits per heavy atom. The SMILES string of the molecule is CC(=O)NCCCCCC(=O)NC(c1ccccc1)c1ccc(Br)cc1. The normalized spacial score (nSPS) is 11.6. The van der Waals surface area contributed by atoms with Gasteiger partial charge in [0.05, 0.1) is 6.04 Å². The number of halogens is 1. The highest BCUT2D eigenvalue weighted by Gasteiger charge is 2.16. The van der Waals surface area contributed by atoms with E-state index in [2.05, 4.69) is 26.6 Å². The average molecular weight is 417 g/mol. The van der Waals surface area contributed by atoms with Crippen molar-refractivity contribution < 1.29 is 9.59 Å². The predicted molar refractivity (Wildman–Crippen MR) is 108 cm³/mol. The summed E-state index contributed by atoms with van der Waals surface area (Å²) in [6, 6.07) is 17.9. The summed E-state index contributed by atoms with van der Waals surface area (Å²) in [5.74, 6) is 0.0317. The Bertz CT molecular complexity index is 702. The van der Waals surface area contributed by atoms with E-state index >= 15 is 0 Å². The second kappa shape index (κ2) is 10.8. The lowest BCUT2D eigenvalue weighted by Gasteiger charge is -2.20. The van der Waals surface area contributed by atoms with E-state index in [9.17, 15) is 9.59 Å². The lowest BCUT2D eigenvalue weighted by Crippen LogP contribution is -2.29. The molecule has 0 aliphatic rings. The van der Waals surface area contributed by atoms with E-state index in [0.29, 0.717) is 13.0 Å². The molecule has 0 aromatic heterocycles. The van der Waals surface area contributed by atoms with Gasteiger partial charge in [0.1, 0.15) is 0 Å². The first-order valence-corrected chi connectivity index (χ1v) is 9.70. The van der Waals surface area contributed by atoms with Crippen molar-refractivity contribution in [1.29, 1.82) is 0 Å². The monoisotopic (exact) mass is 416 g/mol. The van der Waals surface area contributed by atoms with Gasteiger partial charge in [0.15, 0.2) is 0 Å².